The van der Waals surface area contributed by atoms with Gasteiger partial charge in [0.2, 0.25) is 0 Å². The van der Waals surface area contributed by atoms with E-state index in [-0.39, 0.29) is 33.8 Å². The number of anilines is 1. The Labute approximate surface area is 261 Å². The number of amides is 1. The molecule has 0 unspecified atom stereocenters. The Morgan fingerprint density at radius 1 is 0.826 bits per heavy atom. The molecule has 1 aliphatic rings. The summed E-state index contributed by atoms with van der Waals surface area (Å²) < 4.78 is 28.5. The Kier molecular flexibility index (Phi) is 9.28. The Morgan fingerprint density at radius 3 is 1.98 bits per heavy atom. The number of hydrogen-bond acceptors (Lipinski definition) is 9. The van der Waals surface area contributed by atoms with E-state index in [0.717, 1.165) is 37.6 Å². The SMILES string of the molecule is CNC(=O)c1ccc(N2CCN(Cc3ccc4nc(C)c(=O)[nH]c4c3F)CC2)c(C)n1.Cc1nc2ccc(C=O)c(F)c2[nH]c1=O. The van der Waals surface area contributed by atoms with Crippen molar-refractivity contribution in [2.45, 2.75) is 27.3 Å². The van der Waals surface area contributed by atoms with Crippen LogP contribution in [-0.2, 0) is 6.54 Å². The highest BCUT2D eigenvalue weighted by Gasteiger charge is 2.21. The average molecular weight is 631 g/mol. The Balaban J connectivity index is 0.000000232. The number of aryl methyl sites for hydroxylation is 3. The largest absolute Gasteiger partial charge is 0.368 e. The van der Waals surface area contributed by atoms with Gasteiger partial charge in [-0.1, -0.05) is 6.07 Å². The zero-order valence-corrected chi connectivity index (χ0v) is 25.7. The van der Waals surface area contributed by atoms with E-state index >= 15 is 0 Å². The van der Waals surface area contributed by atoms with Crippen LogP contribution in [-0.4, -0.2) is 75.2 Å². The molecule has 1 saturated heterocycles. The molecule has 12 nitrogen and oxygen atoms in total. The van der Waals surface area contributed by atoms with Gasteiger partial charge in [-0.25, -0.2) is 23.7 Å². The number of rotatable bonds is 5. The number of fused-ring (bicyclic) bond motifs is 2. The minimum Gasteiger partial charge on any atom is -0.368 e. The summed E-state index contributed by atoms with van der Waals surface area (Å²) in [6.07, 6.45) is 0.396. The van der Waals surface area contributed by atoms with Crippen molar-refractivity contribution in [2.24, 2.45) is 0 Å². The van der Waals surface area contributed by atoms with Gasteiger partial charge in [0.1, 0.15) is 28.1 Å². The van der Waals surface area contributed by atoms with E-state index in [1.54, 1.807) is 32.2 Å². The van der Waals surface area contributed by atoms with Crippen molar-refractivity contribution in [1.29, 1.82) is 0 Å². The molecule has 0 aliphatic carbocycles. The molecular weight excluding hydrogens is 598 g/mol. The fourth-order valence-corrected chi connectivity index (χ4v) is 5.23. The first kappa shape index (κ1) is 32.0. The first-order valence-electron chi connectivity index (χ1n) is 14.5. The minimum absolute atomic E-state index is 0.0322. The van der Waals surface area contributed by atoms with Gasteiger partial charge < -0.3 is 20.2 Å². The number of halogens is 2. The lowest BCUT2D eigenvalue weighted by Crippen LogP contribution is -2.46. The van der Waals surface area contributed by atoms with E-state index in [2.05, 4.69) is 40.0 Å². The summed E-state index contributed by atoms with van der Waals surface area (Å²) >= 11 is 0. The molecule has 3 aromatic heterocycles. The van der Waals surface area contributed by atoms with Crippen molar-refractivity contribution in [1.82, 2.24) is 35.1 Å². The van der Waals surface area contributed by atoms with Crippen LogP contribution in [0.3, 0.4) is 0 Å². The molecule has 0 bridgehead atoms. The normalized spacial score (nSPS) is 13.4. The molecule has 0 spiro atoms. The third-order valence-electron chi connectivity index (χ3n) is 7.81. The van der Waals surface area contributed by atoms with Crippen LogP contribution < -0.4 is 21.3 Å². The van der Waals surface area contributed by atoms with Crippen LogP contribution in [0, 0.1) is 32.4 Å². The van der Waals surface area contributed by atoms with Crippen molar-refractivity contribution in [3.05, 3.63) is 103 Å². The molecule has 4 heterocycles. The number of benzene rings is 2. The maximum atomic E-state index is 15.0. The maximum Gasteiger partial charge on any atom is 0.269 e. The van der Waals surface area contributed by atoms with E-state index < -0.39 is 17.2 Å². The first-order valence-corrected chi connectivity index (χ1v) is 14.5. The molecule has 1 fully saturated rings. The van der Waals surface area contributed by atoms with Gasteiger partial charge in [-0.05, 0) is 51.1 Å². The van der Waals surface area contributed by atoms with Crippen LogP contribution in [0.1, 0.15) is 43.5 Å². The van der Waals surface area contributed by atoms with Gasteiger partial charge in [0.25, 0.3) is 17.0 Å². The number of aldehydes is 1. The highest BCUT2D eigenvalue weighted by Crippen LogP contribution is 2.23. The lowest BCUT2D eigenvalue weighted by Gasteiger charge is -2.36. The lowest BCUT2D eigenvalue weighted by molar-refractivity contribution is 0.0957. The molecule has 5 aromatic rings. The second kappa shape index (κ2) is 13.3. The predicted molar refractivity (Wildman–Crippen MR) is 169 cm³/mol. The number of nitrogens with one attached hydrogen (secondary N) is 3. The number of piperazine rings is 1. The Morgan fingerprint density at radius 2 is 1.41 bits per heavy atom. The van der Waals surface area contributed by atoms with E-state index in [4.69, 9.17) is 0 Å². The number of aromatic nitrogens is 5. The third kappa shape index (κ3) is 6.52. The summed E-state index contributed by atoms with van der Waals surface area (Å²) in [5, 5.41) is 2.58. The Bertz CT molecular complexity index is 2090. The highest BCUT2D eigenvalue weighted by molar-refractivity contribution is 5.92. The molecular formula is C32H32F2N8O4. The second-order valence-corrected chi connectivity index (χ2v) is 10.9. The molecule has 0 radical (unpaired) electrons. The number of hydrogen-bond donors (Lipinski definition) is 3. The molecule has 14 heteroatoms. The summed E-state index contributed by atoms with van der Waals surface area (Å²) in [4.78, 5) is 67.1. The molecule has 238 valence electrons. The number of nitrogens with zero attached hydrogens (tertiary/aromatic N) is 5. The zero-order chi connectivity index (χ0) is 33.1. The van der Waals surface area contributed by atoms with Crippen molar-refractivity contribution >= 4 is 39.9 Å². The van der Waals surface area contributed by atoms with Gasteiger partial charge in [-0.3, -0.25) is 24.1 Å². The standard InChI is InChI=1S/C22H25FN6O2.C10H7FN2O2/c1-13-18(7-6-17(25-13)22(31)24-3)29-10-8-28(9-11-29)12-15-4-5-16-20(19(15)23)27-21(30)14(2)26-16;1-5-10(15)13-9-7(12-5)3-2-6(4-14)8(9)11/h4-7H,8-12H2,1-3H3,(H,24,31)(H,27,30);2-4H,1H3,(H,13,15). The number of carbonyl (C=O) groups excluding carboxylic acids is 2. The van der Waals surface area contributed by atoms with Crippen LogP contribution in [0.5, 0.6) is 0 Å². The molecule has 46 heavy (non-hydrogen) atoms. The van der Waals surface area contributed by atoms with Crippen LogP contribution in [0.15, 0.2) is 46.0 Å². The Hall–Kier alpha value is -5.37. The molecule has 0 atom stereocenters. The summed E-state index contributed by atoms with van der Waals surface area (Å²) in [5.41, 5.74) is 3.32. The molecule has 3 N–H and O–H groups in total. The zero-order valence-electron chi connectivity index (χ0n) is 25.7. The summed E-state index contributed by atoms with van der Waals surface area (Å²) in [7, 11) is 1.58. The predicted octanol–water partition coefficient (Wildman–Crippen LogP) is 2.94. The van der Waals surface area contributed by atoms with E-state index in [0.29, 0.717) is 40.8 Å². The summed E-state index contributed by atoms with van der Waals surface area (Å²) in [5.74, 6) is -1.37. The van der Waals surface area contributed by atoms with Gasteiger partial charge in [-0.2, -0.15) is 0 Å². The summed E-state index contributed by atoms with van der Waals surface area (Å²) in [6, 6.07) is 9.96. The lowest BCUT2D eigenvalue weighted by atomic mass is 10.1. The molecule has 6 rings (SSSR count). The van der Waals surface area contributed by atoms with Crippen molar-refractivity contribution in [3.63, 3.8) is 0 Å². The van der Waals surface area contributed by atoms with Crippen LogP contribution in [0.4, 0.5) is 14.5 Å². The van der Waals surface area contributed by atoms with E-state index in [1.807, 2.05) is 13.0 Å². The van der Waals surface area contributed by atoms with Crippen molar-refractivity contribution in [2.75, 3.05) is 38.1 Å². The fraction of sp³-hybridized carbons (Fsp3) is 0.281. The smallest absolute Gasteiger partial charge is 0.269 e. The van der Waals surface area contributed by atoms with Crippen LogP contribution >= 0.6 is 0 Å². The molecule has 1 aliphatic heterocycles. The van der Waals surface area contributed by atoms with Gasteiger partial charge in [-0.15, -0.1) is 0 Å². The van der Waals surface area contributed by atoms with E-state index in [9.17, 15) is 28.0 Å². The van der Waals surface area contributed by atoms with Gasteiger partial charge >= 0.3 is 0 Å². The van der Waals surface area contributed by atoms with Gasteiger partial charge in [0.05, 0.1) is 28.0 Å². The second-order valence-electron chi connectivity index (χ2n) is 10.9. The van der Waals surface area contributed by atoms with E-state index in [1.165, 1.54) is 19.1 Å². The number of pyridine rings is 1. The number of carbonyl (C=O) groups is 2. The quantitative estimate of drug-likeness (QED) is 0.249. The third-order valence-corrected chi connectivity index (χ3v) is 7.81. The van der Waals surface area contributed by atoms with Crippen molar-refractivity contribution < 1.29 is 18.4 Å². The maximum absolute atomic E-state index is 15.0. The molecule has 2 aromatic carbocycles. The van der Waals surface area contributed by atoms with Crippen LogP contribution in [0.25, 0.3) is 22.1 Å². The molecule has 0 saturated carbocycles. The molecule has 1 amide bonds. The highest BCUT2D eigenvalue weighted by atomic mass is 19.1. The monoisotopic (exact) mass is 630 g/mol. The fourth-order valence-electron chi connectivity index (χ4n) is 5.23. The number of H-pyrrole nitrogens is 2. The topological polar surface area (TPSA) is 157 Å². The minimum atomic E-state index is -0.743. The summed E-state index contributed by atoms with van der Waals surface area (Å²) in [6.45, 7) is 8.56. The van der Waals surface area contributed by atoms with Gasteiger partial charge in [0.15, 0.2) is 17.9 Å². The average Bonchev–Trinajstić information content (AvgIpc) is 3.05. The van der Waals surface area contributed by atoms with Crippen LogP contribution in [0.2, 0.25) is 0 Å². The number of aromatic amines is 2. The van der Waals surface area contributed by atoms with Gasteiger partial charge in [0, 0.05) is 45.3 Å². The first-order chi connectivity index (χ1) is 22.0. The van der Waals surface area contributed by atoms with Crippen molar-refractivity contribution in [3.8, 4) is 0 Å².